The third kappa shape index (κ3) is 4.21. The van der Waals surface area contributed by atoms with E-state index in [0.717, 1.165) is 47.3 Å². The number of carbonyl (C=O) groups excluding carboxylic acids is 1. The van der Waals surface area contributed by atoms with Crippen molar-refractivity contribution in [3.63, 3.8) is 0 Å². The summed E-state index contributed by atoms with van der Waals surface area (Å²) in [4.78, 5) is 15.2. The molecule has 1 amide bonds. The van der Waals surface area contributed by atoms with Crippen LogP contribution in [0.15, 0.2) is 46.9 Å². The van der Waals surface area contributed by atoms with Crippen LogP contribution in [0.5, 0.6) is 0 Å². The summed E-state index contributed by atoms with van der Waals surface area (Å²) >= 11 is 0. The van der Waals surface area contributed by atoms with E-state index in [-0.39, 0.29) is 12.0 Å². The van der Waals surface area contributed by atoms with Crippen molar-refractivity contribution in [3.8, 4) is 0 Å². The predicted molar refractivity (Wildman–Crippen MR) is 114 cm³/mol. The highest BCUT2D eigenvalue weighted by Crippen LogP contribution is 2.30. The fourth-order valence-electron chi connectivity index (χ4n) is 4.07. The minimum absolute atomic E-state index is 0.0235. The third-order valence-electron chi connectivity index (χ3n) is 5.65. The van der Waals surface area contributed by atoms with Gasteiger partial charge in [-0.1, -0.05) is 42.5 Å². The van der Waals surface area contributed by atoms with Crippen LogP contribution in [0.4, 0.5) is 0 Å². The molecule has 1 saturated heterocycles. The summed E-state index contributed by atoms with van der Waals surface area (Å²) in [6.45, 7) is 9.75. The van der Waals surface area contributed by atoms with Crippen molar-refractivity contribution >= 4 is 16.9 Å². The van der Waals surface area contributed by atoms with Crippen LogP contribution in [-0.4, -0.2) is 43.2 Å². The number of hydrogen-bond acceptors (Lipinski definition) is 4. The minimum atomic E-state index is -0.179. The van der Waals surface area contributed by atoms with Gasteiger partial charge < -0.3 is 14.5 Å². The van der Waals surface area contributed by atoms with E-state index >= 15 is 0 Å². The molecule has 1 aromatic heterocycles. The molecule has 0 aliphatic carbocycles. The zero-order valence-electron chi connectivity index (χ0n) is 17.3. The van der Waals surface area contributed by atoms with Crippen LogP contribution in [0, 0.1) is 20.8 Å². The summed E-state index contributed by atoms with van der Waals surface area (Å²) in [5, 5.41) is 4.05. The second kappa shape index (κ2) is 8.39. The fourth-order valence-corrected chi connectivity index (χ4v) is 4.07. The quantitative estimate of drug-likeness (QED) is 0.713. The van der Waals surface area contributed by atoms with Gasteiger partial charge >= 0.3 is 0 Å². The maximum atomic E-state index is 12.8. The van der Waals surface area contributed by atoms with Crippen LogP contribution in [0.25, 0.3) is 11.0 Å². The van der Waals surface area contributed by atoms with Crippen LogP contribution < -0.4 is 5.32 Å². The monoisotopic (exact) mass is 392 g/mol. The van der Waals surface area contributed by atoms with Crippen LogP contribution in [-0.2, 0) is 11.3 Å². The largest absolute Gasteiger partial charge is 0.450 e. The molecule has 1 aliphatic rings. The van der Waals surface area contributed by atoms with E-state index in [1.165, 1.54) is 5.56 Å². The van der Waals surface area contributed by atoms with Crippen molar-refractivity contribution < 1.29 is 13.9 Å². The molecule has 29 heavy (non-hydrogen) atoms. The highest BCUT2D eigenvalue weighted by Gasteiger charge is 2.24. The number of benzene rings is 2. The average molecular weight is 392 g/mol. The van der Waals surface area contributed by atoms with E-state index in [0.29, 0.717) is 18.9 Å². The van der Waals surface area contributed by atoms with Gasteiger partial charge in [-0.25, -0.2) is 0 Å². The van der Waals surface area contributed by atoms with E-state index < -0.39 is 0 Å². The highest BCUT2D eigenvalue weighted by atomic mass is 16.5. The molecule has 0 saturated carbocycles. The number of hydrogen-bond donors (Lipinski definition) is 1. The Hall–Kier alpha value is -2.63. The Morgan fingerprint density at radius 3 is 2.62 bits per heavy atom. The number of nitrogens with one attached hydrogen (secondary N) is 1. The second-order valence-electron chi connectivity index (χ2n) is 7.88. The van der Waals surface area contributed by atoms with Crippen molar-refractivity contribution in [3.05, 3.63) is 70.5 Å². The molecule has 1 N–H and O–H groups in total. The molecule has 0 radical (unpaired) electrons. The number of morpholine rings is 1. The van der Waals surface area contributed by atoms with Crippen molar-refractivity contribution in [1.29, 1.82) is 0 Å². The van der Waals surface area contributed by atoms with Gasteiger partial charge in [0.05, 0.1) is 12.7 Å². The molecule has 1 atom stereocenters. The molecule has 1 fully saturated rings. The summed E-state index contributed by atoms with van der Waals surface area (Å²) in [5.74, 6) is 0.218. The fraction of sp³-hybridized carbons (Fsp3) is 0.375. The molecule has 1 unspecified atom stereocenters. The number of aryl methyl sites for hydroxylation is 3. The number of nitrogens with zero attached hydrogens (tertiary/aromatic N) is 1. The smallest absolute Gasteiger partial charge is 0.287 e. The Labute approximate surface area is 171 Å². The first kappa shape index (κ1) is 19.7. The van der Waals surface area contributed by atoms with Gasteiger partial charge in [0.1, 0.15) is 5.58 Å². The molecule has 5 nitrogen and oxygen atoms in total. The number of carbonyl (C=O) groups is 1. The molecule has 2 heterocycles. The Morgan fingerprint density at radius 2 is 1.86 bits per heavy atom. The van der Waals surface area contributed by atoms with Crippen LogP contribution in [0.3, 0.4) is 0 Å². The van der Waals surface area contributed by atoms with Gasteiger partial charge in [-0.2, -0.15) is 0 Å². The van der Waals surface area contributed by atoms with Gasteiger partial charge in [0, 0.05) is 37.1 Å². The normalized spacial score (nSPS) is 17.6. The molecule has 0 bridgehead atoms. The van der Waals surface area contributed by atoms with Crippen LogP contribution in [0.1, 0.15) is 32.8 Å². The van der Waals surface area contributed by atoms with Gasteiger partial charge in [-0.15, -0.1) is 0 Å². The SMILES string of the molecule is Cc1ccc(C)c2c(C)c(C(=O)NCC3CN(Cc4ccccc4)CCO3)oc12. The van der Waals surface area contributed by atoms with Gasteiger partial charge in [-0.3, -0.25) is 9.69 Å². The lowest BCUT2D eigenvalue weighted by Gasteiger charge is -2.33. The third-order valence-corrected chi connectivity index (χ3v) is 5.65. The van der Waals surface area contributed by atoms with Crippen molar-refractivity contribution in [1.82, 2.24) is 10.2 Å². The summed E-state index contributed by atoms with van der Waals surface area (Å²) in [6.07, 6.45) is -0.0235. The summed E-state index contributed by atoms with van der Waals surface area (Å²) in [6, 6.07) is 14.5. The van der Waals surface area contributed by atoms with Crippen LogP contribution in [0.2, 0.25) is 0 Å². The number of ether oxygens (including phenoxy) is 1. The Balaban J connectivity index is 1.39. The maximum Gasteiger partial charge on any atom is 0.287 e. The van der Waals surface area contributed by atoms with Crippen molar-refractivity contribution in [2.45, 2.75) is 33.4 Å². The lowest BCUT2D eigenvalue weighted by atomic mass is 10.0. The molecule has 1 aliphatic heterocycles. The molecular weight excluding hydrogens is 364 g/mol. The molecular formula is C24H28N2O3. The standard InChI is InChI=1S/C24H28N2O3/c1-16-9-10-17(2)22-21(16)18(3)23(29-22)24(27)25-13-20-15-26(11-12-28-20)14-19-7-5-4-6-8-19/h4-10,20H,11-15H2,1-3H3,(H,25,27). The van der Waals surface area contributed by atoms with Gasteiger partial charge in [-0.05, 0) is 37.5 Å². The zero-order valence-corrected chi connectivity index (χ0v) is 17.3. The van der Waals surface area contributed by atoms with E-state index in [1.54, 1.807) is 0 Å². The molecule has 3 aromatic rings. The summed E-state index contributed by atoms with van der Waals surface area (Å²) < 4.78 is 11.8. The second-order valence-corrected chi connectivity index (χ2v) is 7.88. The first-order valence-electron chi connectivity index (χ1n) is 10.2. The predicted octanol–water partition coefficient (Wildman–Crippen LogP) is 3.99. The van der Waals surface area contributed by atoms with Gasteiger partial charge in [0.2, 0.25) is 0 Å². The highest BCUT2D eigenvalue weighted by molar-refractivity contribution is 6.00. The van der Waals surface area contributed by atoms with Crippen molar-refractivity contribution in [2.75, 3.05) is 26.2 Å². The lowest BCUT2D eigenvalue weighted by Crippen LogP contribution is -2.47. The molecule has 4 rings (SSSR count). The lowest BCUT2D eigenvalue weighted by molar-refractivity contribution is -0.0293. The minimum Gasteiger partial charge on any atom is -0.450 e. The Kier molecular flexibility index (Phi) is 5.69. The molecule has 2 aromatic carbocycles. The van der Waals surface area contributed by atoms with Gasteiger partial charge in [0.15, 0.2) is 5.76 Å². The Morgan fingerprint density at radius 1 is 1.10 bits per heavy atom. The van der Waals surface area contributed by atoms with Crippen molar-refractivity contribution in [2.24, 2.45) is 0 Å². The Bertz CT molecular complexity index is 1010. The summed E-state index contributed by atoms with van der Waals surface area (Å²) in [5.41, 5.74) is 5.16. The number of amides is 1. The van der Waals surface area contributed by atoms with Gasteiger partial charge in [0.25, 0.3) is 5.91 Å². The van der Waals surface area contributed by atoms with E-state index in [2.05, 4.69) is 40.5 Å². The average Bonchev–Trinajstić information content (AvgIpc) is 3.09. The molecule has 0 spiro atoms. The van der Waals surface area contributed by atoms with Crippen LogP contribution >= 0.6 is 0 Å². The van der Waals surface area contributed by atoms with E-state index in [1.807, 2.05) is 32.9 Å². The first-order chi connectivity index (χ1) is 14.0. The van der Waals surface area contributed by atoms with E-state index in [9.17, 15) is 4.79 Å². The first-order valence-corrected chi connectivity index (χ1v) is 10.2. The zero-order chi connectivity index (χ0) is 20.4. The number of furan rings is 1. The topological polar surface area (TPSA) is 54.7 Å². The number of rotatable bonds is 5. The summed E-state index contributed by atoms with van der Waals surface area (Å²) in [7, 11) is 0. The molecule has 152 valence electrons. The maximum absolute atomic E-state index is 12.8. The number of fused-ring (bicyclic) bond motifs is 1. The molecule has 5 heteroatoms. The van der Waals surface area contributed by atoms with E-state index in [4.69, 9.17) is 9.15 Å².